The Balaban J connectivity index is 3.94. The number of carbonyl (C=O) groups excluding carboxylic acids is 1. The zero-order valence-corrected chi connectivity index (χ0v) is 12.4. The molecule has 0 aliphatic heterocycles. The van der Waals surface area contributed by atoms with Crippen molar-refractivity contribution in [1.82, 2.24) is 15.1 Å². The molecule has 5 heteroatoms. The molecule has 0 heterocycles. The van der Waals surface area contributed by atoms with Crippen LogP contribution in [0.15, 0.2) is 0 Å². The zero-order valence-electron chi connectivity index (χ0n) is 12.4. The molecule has 5 nitrogen and oxygen atoms in total. The van der Waals surface area contributed by atoms with Gasteiger partial charge in [0.05, 0.1) is 0 Å². The first-order valence-electron chi connectivity index (χ1n) is 6.83. The normalized spacial score (nSPS) is 13.1. The van der Waals surface area contributed by atoms with E-state index in [1.54, 1.807) is 0 Å². The number of amides is 1. The summed E-state index contributed by atoms with van der Waals surface area (Å²) in [4.78, 5) is 16.0. The fourth-order valence-corrected chi connectivity index (χ4v) is 1.79. The van der Waals surface area contributed by atoms with Crippen molar-refractivity contribution in [2.75, 3.05) is 47.3 Å². The predicted molar refractivity (Wildman–Crippen MR) is 76.6 cm³/mol. The lowest BCUT2D eigenvalue weighted by Crippen LogP contribution is -2.42. The van der Waals surface area contributed by atoms with Crippen molar-refractivity contribution < 1.29 is 4.79 Å². The van der Waals surface area contributed by atoms with Crippen molar-refractivity contribution in [3.63, 3.8) is 0 Å². The average molecular weight is 258 g/mol. The van der Waals surface area contributed by atoms with Crippen molar-refractivity contribution in [2.24, 2.45) is 5.73 Å². The van der Waals surface area contributed by atoms with Crippen LogP contribution in [0, 0.1) is 0 Å². The van der Waals surface area contributed by atoms with Gasteiger partial charge in [0.25, 0.3) is 0 Å². The lowest BCUT2D eigenvalue weighted by molar-refractivity contribution is -0.122. The number of likely N-dealkylation sites (N-methyl/N-ethyl adjacent to an activating group) is 1. The second-order valence-electron chi connectivity index (χ2n) is 5.08. The van der Waals surface area contributed by atoms with Crippen molar-refractivity contribution in [3.05, 3.63) is 0 Å². The maximum Gasteiger partial charge on any atom is 0.221 e. The lowest BCUT2D eigenvalue weighted by Gasteiger charge is -2.27. The second-order valence-corrected chi connectivity index (χ2v) is 5.08. The summed E-state index contributed by atoms with van der Waals surface area (Å²) in [5.74, 6) is 0.103. The van der Waals surface area contributed by atoms with Crippen LogP contribution in [0.4, 0.5) is 0 Å². The van der Waals surface area contributed by atoms with Gasteiger partial charge in [-0.3, -0.25) is 4.79 Å². The summed E-state index contributed by atoms with van der Waals surface area (Å²) >= 11 is 0. The van der Waals surface area contributed by atoms with E-state index in [0.717, 1.165) is 32.5 Å². The monoisotopic (exact) mass is 258 g/mol. The fraction of sp³-hybridized carbons (Fsp3) is 0.923. The largest absolute Gasteiger partial charge is 0.356 e. The number of nitrogens with zero attached hydrogens (tertiary/aromatic N) is 2. The highest BCUT2D eigenvalue weighted by atomic mass is 16.1. The van der Waals surface area contributed by atoms with Crippen LogP contribution in [-0.4, -0.2) is 69.1 Å². The van der Waals surface area contributed by atoms with E-state index in [1.165, 1.54) is 0 Å². The Kier molecular flexibility index (Phi) is 9.92. The van der Waals surface area contributed by atoms with Crippen LogP contribution in [0.2, 0.25) is 0 Å². The average Bonchev–Trinajstić information content (AvgIpc) is 2.32. The molecule has 0 aromatic rings. The van der Waals surface area contributed by atoms with E-state index in [9.17, 15) is 4.79 Å². The Morgan fingerprint density at radius 3 is 2.44 bits per heavy atom. The Hall–Kier alpha value is -0.650. The summed E-state index contributed by atoms with van der Waals surface area (Å²) in [5.41, 5.74) is 5.75. The summed E-state index contributed by atoms with van der Waals surface area (Å²) in [5, 5.41) is 2.90. The van der Waals surface area contributed by atoms with Crippen LogP contribution in [-0.2, 0) is 4.79 Å². The number of hydrogen-bond acceptors (Lipinski definition) is 4. The van der Waals surface area contributed by atoms with Crippen molar-refractivity contribution in [3.8, 4) is 0 Å². The molecule has 0 aliphatic rings. The topological polar surface area (TPSA) is 61.6 Å². The van der Waals surface area contributed by atoms with E-state index < -0.39 is 0 Å². The van der Waals surface area contributed by atoms with E-state index in [-0.39, 0.29) is 11.9 Å². The molecule has 1 atom stereocenters. The quantitative estimate of drug-likeness (QED) is 0.584. The van der Waals surface area contributed by atoms with Gasteiger partial charge in [0.2, 0.25) is 5.91 Å². The van der Waals surface area contributed by atoms with E-state index in [0.29, 0.717) is 13.0 Å². The first kappa shape index (κ1) is 17.4. The number of carbonyl (C=O) groups is 1. The van der Waals surface area contributed by atoms with E-state index >= 15 is 0 Å². The summed E-state index contributed by atoms with van der Waals surface area (Å²) in [6.45, 7) is 5.36. The van der Waals surface area contributed by atoms with Crippen LogP contribution in [0.5, 0.6) is 0 Å². The second kappa shape index (κ2) is 10.3. The van der Waals surface area contributed by atoms with E-state index in [4.69, 9.17) is 5.73 Å². The maximum atomic E-state index is 11.7. The summed E-state index contributed by atoms with van der Waals surface area (Å²) < 4.78 is 0. The van der Waals surface area contributed by atoms with Crippen molar-refractivity contribution >= 4 is 5.91 Å². The molecule has 0 saturated heterocycles. The first-order chi connectivity index (χ1) is 8.51. The number of hydrogen-bond donors (Lipinski definition) is 2. The molecule has 0 aromatic carbocycles. The molecule has 0 rings (SSSR count). The number of rotatable bonds is 10. The smallest absolute Gasteiger partial charge is 0.221 e. The minimum absolute atomic E-state index is 0.103. The molecule has 0 fully saturated rings. The third-order valence-corrected chi connectivity index (χ3v) is 3.00. The van der Waals surface area contributed by atoms with Crippen LogP contribution >= 0.6 is 0 Å². The molecule has 0 aliphatic carbocycles. The summed E-state index contributed by atoms with van der Waals surface area (Å²) in [7, 11) is 6.18. The summed E-state index contributed by atoms with van der Waals surface area (Å²) in [6.07, 6.45) is 2.56. The lowest BCUT2D eigenvalue weighted by atomic mass is 10.1. The highest BCUT2D eigenvalue weighted by Gasteiger charge is 2.16. The minimum Gasteiger partial charge on any atom is -0.356 e. The Morgan fingerprint density at radius 2 is 1.94 bits per heavy atom. The molecule has 0 saturated carbocycles. The third kappa shape index (κ3) is 8.44. The molecular formula is C13H30N4O. The van der Waals surface area contributed by atoms with E-state index in [2.05, 4.69) is 29.2 Å². The SMILES string of the molecule is CCCNC(=O)CC(CN)N(C)CCCN(C)C. The zero-order chi connectivity index (χ0) is 14.0. The Bertz CT molecular complexity index is 221. The van der Waals surface area contributed by atoms with Crippen LogP contribution in [0.1, 0.15) is 26.2 Å². The maximum absolute atomic E-state index is 11.7. The number of nitrogens with one attached hydrogen (secondary N) is 1. The highest BCUT2D eigenvalue weighted by Crippen LogP contribution is 2.02. The number of nitrogens with two attached hydrogens (primary N) is 1. The van der Waals surface area contributed by atoms with Crippen LogP contribution in [0.25, 0.3) is 0 Å². The highest BCUT2D eigenvalue weighted by molar-refractivity contribution is 5.76. The minimum atomic E-state index is 0.103. The van der Waals surface area contributed by atoms with Gasteiger partial charge < -0.3 is 20.9 Å². The molecule has 3 N–H and O–H groups in total. The molecule has 108 valence electrons. The van der Waals surface area contributed by atoms with Gasteiger partial charge in [0.1, 0.15) is 0 Å². The predicted octanol–water partition coefficient (Wildman–Crippen LogP) is 0.114. The first-order valence-corrected chi connectivity index (χ1v) is 6.83. The standard InChI is InChI=1S/C13H30N4O/c1-5-7-15-13(18)10-12(11-14)17(4)9-6-8-16(2)3/h12H,5-11,14H2,1-4H3,(H,15,18). The van der Waals surface area contributed by atoms with Gasteiger partial charge >= 0.3 is 0 Å². The third-order valence-electron chi connectivity index (χ3n) is 3.00. The van der Waals surface area contributed by atoms with Crippen molar-refractivity contribution in [2.45, 2.75) is 32.2 Å². The summed E-state index contributed by atoms with van der Waals surface area (Å²) in [6, 6.07) is 0.143. The molecule has 0 bridgehead atoms. The molecule has 0 spiro atoms. The Labute approximate surface area is 112 Å². The van der Waals surface area contributed by atoms with Gasteiger partial charge in [-0.1, -0.05) is 6.92 Å². The van der Waals surface area contributed by atoms with Gasteiger partial charge in [0, 0.05) is 25.6 Å². The van der Waals surface area contributed by atoms with Gasteiger partial charge in [-0.05, 0) is 47.1 Å². The molecule has 1 unspecified atom stereocenters. The van der Waals surface area contributed by atoms with Crippen LogP contribution in [0.3, 0.4) is 0 Å². The van der Waals surface area contributed by atoms with Gasteiger partial charge in [-0.2, -0.15) is 0 Å². The molecule has 18 heavy (non-hydrogen) atoms. The van der Waals surface area contributed by atoms with E-state index in [1.807, 2.05) is 14.0 Å². The van der Waals surface area contributed by atoms with Crippen molar-refractivity contribution in [1.29, 1.82) is 0 Å². The molecule has 0 aromatic heterocycles. The molecular weight excluding hydrogens is 228 g/mol. The molecule has 0 radical (unpaired) electrons. The molecule has 1 amide bonds. The van der Waals surface area contributed by atoms with Gasteiger partial charge in [0.15, 0.2) is 0 Å². The van der Waals surface area contributed by atoms with Gasteiger partial charge in [-0.25, -0.2) is 0 Å². The fourth-order valence-electron chi connectivity index (χ4n) is 1.79. The van der Waals surface area contributed by atoms with Gasteiger partial charge in [-0.15, -0.1) is 0 Å². The Morgan fingerprint density at radius 1 is 1.28 bits per heavy atom. The van der Waals surface area contributed by atoms with Crippen LogP contribution < -0.4 is 11.1 Å².